The fourth-order valence-electron chi connectivity index (χ4n) is 1.78. The molecule has 0 aromatic rings. The van der Waals surface area contributed by atoms with Gasteiger partial charge < -0.3 is 10.8 Å². The maximum Gasteiger partial charge on any atom is 0.0434 e. The molecular weight excluding hydrogens is 138 g/mol. The lowest BCUT2D eigenvalue weighted by Gasteiger charge is -2.28. The van der Waals surface area contributed by atoms with Crippen LogP contribution in [-0.4, -0.2) is 17.3 Å². The van der Waals surface area contributed by atoms with Crippen molar-refractivity contribution < 1.29 is 5.11 Å². The van der Waals surface area contributed by atoms with E-state index in [-0.39, 0.29) is 17.6 Å². The normalized spacial score (nSPS) is 37.4. The van der Waals surface area contributed by atoms with Gasteiger partial charge in [-0.3, -0.25) is 0 Å². The average molecular weight is 157 g/mol. The van der Waals surface area contributed by atoms with Crippen molar-refractivity contribution in [1.29, 1.82) is 0 Å². The van der Waals surface area contributed by atoms with E-state index < -0.39 is 0 Å². The zero-order chi connectivity index (χ0) is 8.70. The molecule has 66 valence electrons. The first kappa shape index (κ1) is 9.01. The molecule has 0 aromatic carbocycles. The summed E-state index contributed by atoms with van der Waals surface area (Å²) in [6.07, 6.45) is 1.95. The third kappa shape index (κ3) is 1.42. The third-order valence-electron chi connectivity index (χ3n) is 3.03. The van der Waals surface area contributed by atoms with Gasteiger partial charge in [0.25, 0.3) is 0 Å². The van der Waals surface area contributed by atoms with Crippen LogP contribution in [0.5, 0.6) is 0 Å². The van der Waals surface area contributed by atoms with Crippen LogP contribution in [0.1, 0.15) is 33.6 Å². The van der Waals surface area contributed by atoms with E-state index in [1.54, 1.807) is 0 Å². The minimum Gasteiger partial charge on any atom is -0.396 e. The lowest BCUT2D eigenvalue weighted by atomic mass is 9.83. The summed E-state index contributed by atoms with van der Waals surface area (Å²) in [5.74, 6) is 0.549. The second kappa shape index (κ2) is 2.46. The van der Waals surface area contributed by atoms with Gasteiger partial charge in [0.15, 0.2) is 0 Å². The van der Waals surface area contributed by atoms with Crippen LogP contribution in [0.25, 0.3) is 0 Å². The lowest BCUT2D eigenvalue weighted by molar-refractivity contribution is 0.240. The van der Waals surface area contributed by atoms with E-state index >= 15 is 0 Å². The predicted octanol–water partition coefficient (Wildman–Crippen LogP) is 1.13. The molecule has 0 heterocycles. The molecule has 2 atom stereocenters. The summed E-state index contributed by atoms with van der Waals surface area (Å²) in [6, 6.07) is 0. The molecule has 0 amide bonds. The Morgan fingerprint density at radius 3 is 2.36 bits per heavy atom. The Bertz CT molecular complexity index is 150. The van der Waals surface area contributed by atoms with Gasteiger partial charge in [0.2, 0.25) is 0 Å². The van der Waals surface area contributed by atoms with Crippen LogP contribution < -0.4 is 5.73 Å². The molecule has 0 unspecified atom stereocenters. The van der Waals surface area contributed by atoms with E-state index in [0.29, 0.717) is 5.92 Å². The molecule has 2 nitrogen and oxygen atoms in total. The summed E-state index contributed by atoms with van der Waals surface area (Å²) in [5, 5.41) is 8.72. The van der Waals surface area contributed by atoms with Crippen LogP contribution in [0.15, 0.2) is 0 Å². The van der Waals surface area contributed by atoms with Gasteiger partial charge in [0.05, 0.1) is 0 Å². The fraction of sp³-hybridized carbons (Fsp3) is 1.00. The molecule has 0 spiro atoms. The molecule has 0 saturated heterocycles. The lowest BCUT2D eigenvalue weighted by Crippen LogP contribution is -2.39. The Balaban J connectivity index is 2.49. The number of aliphatic hydroxyl groups is 1. The molecule has 1 rings (SSSR count). The molecule has 1 aliphatic rings. The highest BCUT2D eigenvalue weighted by Crippen LogP contribution is 2.54. The summed E-state index contributed by atoms with van der Waals surface area (Å²) >= 11 is 0. The number of rotatable bonds is 2. The van der Waals surface area contributed by atoms with E-state index in [0.717, 1.165) is 12.8 Å². The van der Waals surface area contributed by atoms with E-state index in [1.165, 1.54) is 0 Å². The van der Waals surface area contributed by atoms with Gasteiger partial charge in [0, 0.05) is 12.1 Å². The Hall–Kier alpha value is -0.0800. The number of hydrogen-bond acceptors (Lipinski definition) is 2. The Labute approximate surface area is 68.8 Å². The maximum atomic E-state index is 8.72. The molecule has 0 radical (unpaired) electrons. The number of hydrogen-bond donors (Lipinski definition) is 2. The zero-order valence-corrected chi connectivity index (χ0v) is 7.72. The summed E-state index contributed by atoms with van der Waals surface area (Å²) in [6.45, 7) is 6.79. The van der Waals surface area contributed by atoms with Crippen LogP contribution in [-0.2, 0) is 0 Å². The molecule has 2 heteroatoms. The fourth-order valence-corrected chi connectivity index (χ4v) is 1.78. The predicted molar refractivity (Wildman–Crippen MR) is 46.2 cm³/mol. The molecule has 11 heavy (non-hydrogen) atoms. The van der Waals surface area contributed by atoms with Gasteiger partial charge in [-0.25, -0.2) is 0 Å². The van der Waals surface area contributed by atoms with Crippen molar-refractivity contribution in [3.8, 4) is 0 Å². The van der Waals surface area contributed by atoms with Gasteiger partial charge in [0.1, 0.15) is 0 Å². The van der Waals surface area contributed by atoms with Gasteiger partial charge in [-0.2, -0.15) is 0 Å². The summed E-state index contributed by atoms with van der Waals surface area (Å²) < 4.78 is 0. The number of nitrogens with two attached hydrogens (primary N) is 1. The summed E-state index contributed by atoms with van der Waals surface area (Å²) in [4.78, 5) is 0. The monoisotopic (exact) mass is 157 g/mol. The molecule has 1 saturated carbocycles. The van der Waals surface area contributed by atoms with Crippen LogP contribution in [0.3, 0.4) is 0 Å². The highest BCUT2D eigenvalue weighted by molar-refractivity contribution is 5.13. The molecule has 3 N–H and O–H groups in total. The van der Waals surface area contributed by atoms with Crippen molar-refractivity contribution >= 4 is 0 Å². The minimum atomic E-state index is -0.00424. The van der Waals surface area contributed by atoms with Crippen molar-refractivity contribution in [1.82, 2.24) is 0 Å². The van der Waals surface area contributed by atoms with Gasteiger partial charge in [-0.05, 0) is 24.2 Å². The Kier molecular flexibility index (Phi) is 2.01. The topological polar surface area (TPSA) is 46.2 Å². The van der Waals surface area contributed by atoms with E-state index in [1.807, 2.05) is 0 Å². The molecule has 1 aliphatic carbocycles. The first-order chi connectivity index (χ1) is 4.92. The van der Waals surface area contributed by atoms with Gasteiger partial charge >= 0.3 is 0 Å². The molecule has 0 aliphatic heterocycles. The second-order valence-electron chi connectivity index (χ2n) is 4.70. The standard InChI is InChI=1S/C9H19NO/c1-8(2,3)9(10)6-7(9)4-5-11/h7,11H,4-6,10H2,1-3H3/t7-,9-/m1/s1. The molecule has 1 fully saturated rings. The van der Waals surface area contributed by atoms with E-state index in [2.05, 4.69) is 20.8 Å². The first-order valence-electron chi connectivity index (χ1n) is 4.31. The van der Waals surface area contributed by atoms with Crippen molar-refractivity contribution in [2.75, 3.05) is 6.61 Å². The van der Waals surface area contributed by atoms with Crippen LogP contribution in [0.2, 0.25) is 0 Å². The average Bonchev–Trinajstić information content (AvgIpc) is 2.43. The smallest absolute Gasteiger partial charge is 0.0434 e. The van der Waals surface area contributed by atoms with Crippen molar-refractivity contribution in [3.05, 3.63) is 0 Å². The highest BCUT2D eigenvalue weighted by Gasteiger charge is 2.57. The first-order valence-corrected chi connectivity index (χ1v) is 4.31. The van der Waals surface area contributed by atoms with Crippen LogP contribution >= 0.6 is 0 Å². The molecule has 0 bridgehead atoms. The largest absolute Gasteiger partial charge is 0.396 e. The van der Waals surface area contributed by atoms with Crippen LogP contribution in [0, 0.1) is 11.3 Å². The van der Waals surface area contributed by atoms with E-state index in [4.69, 9.17) is 10.8 Å². The quantitative estimate of drug-likeness (QED) is 0.631. The van der Waals surface area contributed by atoms with Crippen LogP contribution in [0.4, 0.5) is 0 Å². The second-order valence-corrected chi connectivity index (χ2v) is 4.70. The highest BCUT2D eigenvalue weighted by atomic mass is 16.3. The molecular formula is C9H19NO. The zero-order valence-electron chi connectivity index (χ0n) is 7.72. The Morgan fingerprint density at radius 2 is 2.09 bits per heavy atom. The van der Waals surface area contributed by atoms with Crippen molar-refractivity contribution in [2.24, 2.45) is 17.1 Å². The maximum absolute atomic E-state index is 8.72. The SMILES string of the molecule is CC(C)(C)[C@@]1(N)C[C@H]1CCO. The minimum absolute atomic E-state index is 0.00424. The number of aliphatic hydroxyl groups excluding tert-OH is 1. The van der Waals surface area contributed by atoms with Gasteiger partial charge in [-0.1, -0.05) is 20.8 Å². The van der Waals surface area contributed by atoms with Crippen molar-refractivity contribution in [2.45, 2.75) is 39.2 Å². The third-order valence-corrected chi connectivity index (χ3v) is 3.03. The van der Waals surface area contributed by atoms with Gasteiger partial charge in [-0.15, -0.1) is 0 Å². The summed E-state index contributed by atoms with van der Waals surface area (Å²) in [7, 11) is 0. The summed E-state index contributed by atoms with van der Waals surface area (Å²) in [5.41, 5.74) is 6.33. The van der Waals surface area contributed by atoms with E-state index in [9.17, 15) is 0 Å². The molecule has 0 aromatic heterocycles. The van der Waals surface area contributed by atoms with Crippen molar-refractivity contribution in [3.63, 3.8) is 0 Å². The Morgan fingerprint density at radius 1 is 1.55 bits per heavy atom.